The number of ether oxygens (including phenoxy) is 1. The minimum absolute atomic E-state index is 0.104. The van der Waals surface area contributed by atoms with Crippen LogP contribution >= 0.6 is 0 Å². The Morgan fingerprint density at radius 3 is 3.00 bits per heavy atom. The zero-order valence-electron chi connectivity index (χ0n) is 12.3. The van der Waals surface area contributed by atoms with Crippen LogP contribution in [0.1, 0.15) is 49.8 Å². The lowest BCUT2D eigenvalue weighted by Gasteiger charge is -2.17. The summed E-state index contributed by atoms with van der Waals surface area (Å²) in [7, 11) is 1.44. The fourth-order valence-electron chi connectivity index (χ4n) is 2.54. The normalized spacial score (nSPS) is 13.4. The smallest absolute Gasteiger partial charge is 0.305 e. The topological polar surface area (TPSA) is 51.2 Å². The Bertz CT molecular complexity index is 446. The number of fused-ring (bicyclic) bond motifs is 1. The number of anilines is 1. The molecule has 1 N–H and O–H groups in total. The molecule has 1 aromatic heterocycles. The molecule has 4 nitrogen and oxygen atoms in total. The van der Waals surface area contributed by atoms with Crippen molar-refractivity contribution in [1.82, 2.24) is 4.98 Å². The summed E-state index contributed by atoms with van der Waals surface area (Å²) in [5, 5.41) is 3.37. The highest BCUT2D eigenvalue weighted by molar-refractivity contribution is 5.68. The van der Waals surface area contributed by atoms with Gasteiger partial charge in [0.2, 0.25) is 0 Å². The van der Waals surface area contributed by atoms with Gasteiger partial charge in [-0.05, 0) is 43.7 Å². The molecule has 0 atom stereocenters. The van der Waals surface area contributed by atoms with Crippen molar-refractivity contribution in [3.63, 3.8) is 0 Å². The van der Waals surface area contributed by atoms with Gasteiger partial charge in [0.25, 0.3) is 0 Å². The molecule has 0 unspecified atom stereocenters. The first kappa shape index (κ1) is 14.8. The number of aryl methyl sites for hydroxylation is 2. The maximum absolute atomic E-state index is 11.0. The van der Waals surface area contributed by atoms with Crippen molar-refractivity contribution < 1.29 is 9.53 Å². The maximum Gasteiger partial charge on any atom is 0.305 e. The van der Waals surface area contributed by atoms with E-state index in [2.05, 4.69) is 27.2 Å². The molecule has 0 radical (unpaired) electrons. The molecule has 110 valence electrons. The second-order valence-electron chi connectivity index (χ2n) is 5.33. The number of esters is 1. The molecule has 0 saturated carbocycles. The number of hydrogen-bond donors (Lipinski definition) is 1. The van der Waals surface area contributed by atoms with E-state index in [1.54, 1.807) is 0 Å². The molecule has 2 rings (SSSR count). The van der Waals surface area contributed by atoms with Crippen LogP contribution in [0.2, 0.25) is 0 Å². The molecule has 4 heteroatoms. The molecule has 1 aliphatic heterocycles. The first-order valence-corrected chi connectivity index (χ1v) is 7.59. The van der Waals surface area contributed by atoms with Gasteiger partial charge in [0, 0.05) is 18.7 Å². The number of pyridine rings is 1. The summed E-state index contributed by atoms with van der Waals surface area (Å²) in [6.45, 7) is 1.04. The Balaban J connectivity index is 1.65. The number of rotatable bonds is 7. The molecular formula is C16H24N2O2. The van der Waals surface area contributed by atoms with Gasteiger partial charge in [0.05, 0.1) is 7.11 Å². The number of methoxy groups -OCH3 is 1. The van der Waals surface area contributed by atoms with Crippen LogP contribution in [0.3, 0.4) is 0 Å². The lowest BCUT2D eigenvalue weighted by Crippen LogP contribution is -2.13. The van der Waals surface area contributed by atoms with E-state index in [9.17, 15) is 4.79 Å². The monoisotopic (exact) mass is 276 g/mol. The molecule has 0 bridgehead atoms. The van der Waals surface area contributed by atoms with Gasteiger partial charge < -0.3 is 10.1 Å². The second-order valence-corrected chi connectivity index (χ2v) is 5.33. The van der Waals surface area contributed by atoms with E-state index < -0.39 is 0 Å². The van der Waals surface area contributed by atoms with E-state index >= 15 is 0 Å². The van der Waals surface area contributed by atoms with Gasteiger partial charge >= 0.3 is 5.97 Å². The lowest BCUT2D eigenvalue weighted by atomic mass is 10.0. The maximum atomic E-state index is 11.0. The molecule has 0 aromatic carbocycles. The Labute approximate surface area is 120 Å². The largest absolute Gasteiger partial charge is 0.469 e. The molecule has 0 spiro atoms. The van der Waals surface area contributed by atoms with Crippen molar-refractivity contribution in [2.45, 2.75) is 51.4 Å². The van der Waals surface area contributed by atoms with E-state index in [4.69, 9.17) is 0 Å². The summed E-state index contributed by atoms with van der Waals surface area (Å²) in [4.78, 5) is 15.7. The van der Waals surface area contributed by atoms with E-state index in [0.717, 1.165) is 50.9 Å². The van der Waals surface area contributed by atoms with Crippen molar-refractivity contribution in [2.24, 2.45) is 0 Å². The third-order valence-corrected chi connectivity index (χ3v) is 3.74. The van der Waals surface area contributed by atoms with Crippen LogP contribution in [0.25, 0.3) is 0 Å². The molecule has 1 aliphatic rings. The SMILES string of the molecule is COC(=O)CCCCCCc1ccc2c(n1)NCCC2. The Morgan fingerprint density at radius 1 is 1.30 bits per heavy atom. The van der Waals surface area contributed by atoms with Gasteiger partial charge in [-0.15, -0.1) is 0 Å². The second kappa shape index (κ2) is 7.88. The zero-order valence-corrected chi connectivity index (χ0v) is 12.3. The predicted molar refractivity (Wildman–Crippen MR) is 79.9 cm³/mol. The molecule has 0 saturated heterocycles. The fourth-order valence-corrected chi connectivity index (χ4v) is 2.54. The third kappa shape index (κ3) is 4.51. The molecule has 0 fully saturated rings. The minimum atomic E-state index is -0.104. The summed E-state index contributed by atoms with van der Waals surface area (Å²) >= 11 is 0. The number of hydrogen-bond acceptors (Lipinski definition) is 4. The average Bonchev–Trinajstić information content (AvgIpc) is 2.50. The minimum Gasteiger partial charge on any atom is -0.469 e. The first-order chi connectivity index (χ1) is 9.79. The zero-order chi connectivity index (χ0) is 14.2. The van der Waals surface area contributed by atoms with Crippen molar-refractivity contribution in [1.29, 1.82) is 0 Å². The van der Waals surface area contributed by atoms with Crippen LogP contribution in [0.15, 0.2) is 12.1 Å². The standard InChI is InChI=1S/C16H24N2O2/c1-20-15(19)9-5-3-2-4-8-14-11-10-13-7-6-12-17-16(13)18-14/h10-11H,2-9,12H2,1H3,(H,17,18). The van der Waals surface area contributed by atoms with Crippen molar-refractivity contribution in [3.05, 3.63) is 23.4 Å². The Kier molecular flexibility index (Phi) is 5.84. The number of nitrogens with one attached hydrogen (secondary N) is 1. The lowest BCUT2D eigenvalue weighted by molar-refractivity contribution is -0.140. The molecule has 2 heterocycles. The number of carbonyl (C=O) groups is 1. The van der Waals surface area contributed by atoms with Gasteiger partial charge in [-0.2, -0.15) is 0 Å². The highest BCUT2D eigenvalue weighted by atomic mass is 16.5. The van der Waals surface area contributed by atoms with Gasteiger partial charge in [-0.1, -0.05) is 18.9 Å². The van der Waals surface area contributed by atoms with E-state index in [1.807, 2.05) is 0 Å². The van der Waals surface area contributed by atoms with Crippen LogP contribution in [-0.4, -0.2) is 24.6 Å². The molecular weight excluding hydrogens is 252 g/mol. The quantitative estimate of drug-likeness (QED) is 0.614. The molecule has 1 aromatic rings. The van der Waals surface area contributed by atoms with E-state index in [-0.39, 0.29) is 5.97 Å². The molecule has 20 heavy (non-hydrogen) atoms. The van der Waals surface area contributed by atoms with Gasteiger partial charge in [-0.25, -0.2) is 4.98 Å². The van der Waals surface area contributed by atoms with Crippen LogP contribution in [0, 0.1) is 0 Å². The summed E-state index contributed by atoms with van der Waals surface area (Å²) < 4.78 is 4.62. The molecule has 0 aliphatic carbocycles. The van der Waals surface area contributed by atoms with Crippen LogP contribution < -0.4 is 5.32 Å². The van der Waals surface area contributed by atoms with Crippen LogP contribution in [0.5, 0.6) is 0 Å². The summed E-state index contributed by atoms with van der Waals surface area (Å²) in [5.41, 5.74) is 2.52. The average molecular weight is 276 g/mol. The van der Waals surface area contributed by atoms with Gasteiger partial charge in [0.1, 0.15) is 5.82 Å². The summed E-state index contributed by atoms with van der Waals surface area (Å²) in [6.07, 6.45) is 8.18. The Hall–Kier alpha value is -1.58. The highest BCUT2D eigenvalue weighted by Gasteiger charge is 2.09. The van der Waals surface area contributed by atoms with Crippen molar-refractivity contribution >= 4 is 11.8 Å². The fraction of sp³-hybridized carbons (Fsp3) is 0.625. The highest BCUT2D eigenvalue weighted by Crippen LogP contribution is 2.20. The molecule has 0 amide bonds. The van der Waals surface area contributed by atoms with Crippen molar-refractivity contribution in [3.8, 4) is 0 Å². The number of carbonyl (C=O) groups excluding carboxylic acids is 1. The van der Waals surface area contributed by atoms with Crippen molar-refractivity contribution in [2.75, 3.05) is 19.0 Å². The van der Waals surface area contributed by atoms with Gasteiger partial charge in [-0.3, -0.25) is 4.79 Å². The summed E-state index contributed by atoms with van der Waals surface area (Å²) in [6, 6.07) is 4.36. The number of aromatic nitrogens is 1. The summed E-state index contributed by atoms with van der Waals surface area (Å²) in [5.74, 6) is 0.979. The Morgan fingerprint density at radius 2 is 2.15 bits per heavy atom. The van der Waals surface area contributed by atoms with Gasteiger partial charge in [0.15, 0.2) is 0 Å². The first-order valence-electron chi connectivity index (χ1n) is 7.59. The predicted octanol–water partition coefficient (Wildman–Crippen LogP) is 3.11. The van der Waals surface area contributed by atoms with Crippen LogP contribution in [-0.2, 0) is 22.4 Å². The van der Waals surface area contributed by atoms with Crippen LogP contribution in [0.4, 0.5) is 5.82 Å². The van der Waals surface area contributed by atoms with E-state index in [0.29, 0.717) is 6.42 Å². The number of unbranched alkanes of at least 4 members (excludes halogenated alkanes) is 3. The number of nitrogens with zero attached hydrogens (tertiary/aromatic N) is 1. The van der Waals surface area contributed by atoms with E-state index in [1.165, 1.54) is 24.8 Å². The third-order valence-electron chi connectivity index (χ3n) is 3.74.